The van der Waals surface area contributed by atoms with E-state index in [0.717, 1.165) is 24.1 Å². The van der Waals surface area contributed by atoms with Crippen LogP contribution in [0.3, 0.4) is 0 Å². The Morgan fingerprint density at radius 3 is 2.63 bits per heavy atom. The molecule has 1 aliphatic rings. The van der Waals surface area contributed by atoms with Crippen molar-refractivity contribution >= 4 is 17.3 Å². The van der Waals surface area contributed by atoms with Crippen LogP contribution >= 0.6 is 0 Å². The molecular weight excluding hydrogens is 470 g/mol. The molecule has 182 valence electrons. The molecule has 4 aromatic rings. The maximum Gasteiger partial charge on any atom is 0.405 e. The summed E-state index contributed by atoms with van der Waals surface area (Å²) in [6, 6.07) is 7.33. The third kappa shape index (κ3) is 5.80. The Balaban J connectivity index is 0.000000174. The van der Waals surface area contributed by atoms with E-state index in [0.29, 0.717) is 17.2 Å². The quantitative estimate of drug-likeness (QED) is 0.251. The van der Waals surface area contributed by atoms with Gasteiger partial charge in [0, 0.05) is 29.8 Å². The highest BCUT2D eigenvalue weighted by Crippen LogP contribution is 2.42. The van der Waals surface area contributed by atoms with Gasteiger partial charge in [0.15, 0.2) is 5.65 Å². The molecule has 0 amide bonds. The van der Waals surface area contributed by atoms with Crippen molar-refractivity contribution in [2.45, 2.75) is 24.9 Å². The zero-order valence-electron chi connectivity index (χ0n) is 18.0. The van der Waals surface area contributed by atoms with Crippen molar-refractivity contribution in [3.05, 3.63) is 80.9 Å². The Bertz CT molecular complexity index is 1490. The molecule has 0 saturated heterocycles. The average Bonchev–Trinajstić information content (AvgIpc) is 3.54. The SMILES string of the molecule is N=C(F)c1ccccc1NCC(F)(F)F.O=c1[nH]cc(-c2cc(C3CC3)c3nccn3n2)c(=O)[nH]1. The van der Waals surface area contributed by atoms with E-state index < -0.39 is 29.9 Å². The van der Waals surface area contributed by atoms with Crippen LogP contribution in [0.1, 0.15) is 29.9 Å². The van der Waals surface area contributed by atoms with Gasteiger partial charge in [0.2, 0.25) is 5.97 Å². The monoisotopic (exact) mass is 489 g/mol. The lowest BCUT2D eigenvalue weighted by atomic mass is 10.1. The van der Waals surface area contributed by atoms with Crippen molar-refractivity contribution in [2.75, 3.05) is 11.9 Å². The van der Waals surface area contributed by atoms with E-state index in [1.165, 1.54) is 30.5 Å². The number of hydrogen-bond donors (Lipinski definition) is 4. The summed E-state index contributed by atoms with van der Waals surface area (Å²) in [7, 11) is 0. The fourth-order valence-electron chi connectivity index (χ4n) is 3.39. The van der Waals surface area contributed by atoms with Crippen LogP contribution in [0.25, 0.3) is 16.9 Å². The second-order valence-corrected chi connectivity index (χ2v) is 7.77. The maximum absolute atomic E-state index is 12.6. The molecule has 1 aliphatic carbocycles. The van der Waals surface area contributed by atoms with Gasteiger partial charge in [-0.2, -0.15) is 22.7 Å². The molecule has 3 aromatic heterocycles. The number of nitrogens with one attached hydrogen (secondary N) is 4. The number of rotatable bonds is 5. The molecule has 0 unspecified atom stereocenters. The number of anilines is 1. The first-order chi connectivity index (χ1) is 16.6. The molecule has 0 bridgehead atoms. The number of nitrogens with zero attached hydrogens (tertiary/aromatic N) is 3. The fourth-order valence-corrected chi connectivity index (χ4v) is 3.39. The summed E-state index contributed by atoms with van der Waals surface area (Å²) < 4.78 is 49.8. The highest BCUT2D eigenvalue weighted by atomic mass is 19.4. The molecule has 9 nitrogen and oxygen atoms in total. The lowest BCUT2D eigenvalue weighted by Crippen LogP contribution is -2.23. The van der Waals surface area contributed by atoms with Crippen LogP contribution in [0.2, 0.25) is 0 Å². The van der Waals surface area contributed by atoms with Gasteiger partial charge in [-0.25, -0.2) is 14.3 Å². The van der Waals surface area contributed by atoms with E-state index in [1.54, 1.807) is 16.9 Å². The van der Waals surface area contributed by atoms with Gasteiger partial charge in [0.25, 0.3) is 5.56 Å². The van der Waals surface area contributed by atoms with Gasteiger partial charge in [-0.1, -0.05) is 12.1 Å². The summed E-state index contributed by atoms with van der Waals surface area (Å²) >= 11 is 0. The maximum atomic E-state index is 12.6. The first-order valence-electron chi connectivity index (χ1n) is 10.4. The zero-order chi connectivity index (χ0) is 25.2. The highest BCUT2D eigenvalue weighted by Gasteiger charge is 2.28. The topological polar surface area (TPSA) is 132 Å². The lowest BCUT2D eigenvalue weighted by Gasteiger charge is -2.11. The van der Waals surface area contributed by atoms with Gasteiger partial charge in [-0.3, -0.25) is 15.2 Å². The van der Waals surface area contributed by atoms with Gasteiger partial charge in [-0.05, 0) is 37.0 Å². The minimum Gasteiger partial charge on any atom is -0.376 e. The molecule has 0 spiro atoms. The van der Waals surface area contributed by atoms with E-state index in [9.17, 15) is 27.2 Å². The molecule has 1 aromatic carbocycles. The molecule has 13 heteroatoms. The number of imidazole rings is 1. The number of aromatic amines is 2. The summed E-state index contributed by atoms with van der Waals surface area (Å²) in [5.74, 6) is -0.774. The first-order valence-corrected chi connectivity index (χ1v) is 10.4. The van der Waals surface area contributed by atoms with Gasteiger partial charge in [0.05, 0.1) is 16.8 Å². The van der Waals surface area contributed by atoms with Gasteiger partial charge in [-0.15, -0.1) is 0 Å². The lowest BCUT2D eigenvalue weighted by molar-refractivity contribution is -0.115. The number of benzene rings is 1. The van der Waals surface area contributed by atoms with Crippen molar-refractivity contribution in [3.8, 4) is 11.3 Å². The van der Waals surface area contributed by atoms with Crippen molar-refractivity contribution in [3.63, 3.8) is 0 Å². The van der Waals surface area contributed by atoms with Crippen LogP contribution < -0.4 is 16.6 Å². The zero-order valence-corrected chi connectivity index (χ0v) is 18.0. The second-order valence-electron chi connectivity index (χ2n) is 7.77. The molecule has 5 rings (SSSR count). The van der Waals surface area contributed by atoms with Crippen molar-refractivity contribution in [2.24, 2.45) is 0 Å². The normalized spacial score (nSPS) is 13.3. The van der Waals surface area contributed by atoms with Crippen LogP contribution in [0.5, 0.6) is 0 Å². The fraction of sp³-hybridized carbons (Fsp3) is 0.227. The minimum atomic E-state index is -4.37. The van der Waals surface area contributed by atoms with E-state index in [-0.39, 0.29) is 11.3 Å². The molecule has 0 aliphatic heterocycles. The molecule has 4 N–H and O–H groups in total. The van der Waals surface area contributed by atoms with E-state index >= 15 is 0 Å². The molecule has 1 fully saturated rings. The van der Waals surface area contributed by atoms with Crippen LogP contribution in [0.15, 0.2) is 58.5 Å². The van der Waals surface area contributed by atoms with Crippen molar-refractivity contribution in [1.29, 1.82) is 5.41 Å². The number of alkyl halides is 3. The van der Waals surface area contributed by atoms with Crippen molar-refractivity contribution < 1.29 is 17.6 Å². The number of hydrogen-bond acceptors (Lipinski definition) is 6. The average molecular weight is 489 g/mol. The number of halogens is 4. The van der Waals surface area contributed by atoms with E-state index in [1.807, 2.05) is 11.4 Å². The molecule has 0 radical (unpaired) electrons. The van der Waals surface area contributed by atoms with Crippen LogP contribution in [0, 0.1) is 5.41 Å². The molecular formula is C22H19F4N7O2. The Morgan fingerprint density at radius 2 is 1.97 bits per heavy atom. The predicted molar refractivity (Wildman–Crippen MR) is 121 cm³/mol. The van der Waals surface area contributed by atoms with E-state index in [2.05, 4.69) is 20.1 Å². The Kier molecular flexibility index (Phi) is 6.49. The summed E-state index contributed by atoms with van der Waals surface area (Å²) in [6.07, 6.45) is 2.73. The summed E-state index contributed by atoms with van der Waals surface area (Å²) in [4.78, 5) is 31.9. The van der Waals surface area contributed by atoms with Gasteiger partial charge >= 0.3 is 11.9 Å². The number of aromatic nitrogens is 5. The minimum absolute atomic E-state index is 0.0395. The smallest absolute Gasteiger partial charge is 0.376 e. The van der Waals surface area contributed by atoms with Gasteiger partial charge < -0.3 is 10.3 Å². The summed E-state index contributed by atoms with van der Waals surface area (Å²) in [5.41, 5.74) is 1.64. The van der Waals surface area contributed by atoms with Crippen molar-refractivity contribution in [1.82, 2.24) is 24.6 Å². The first kappa shape index (κ1) is 23.9. The molecule has 35 heavy (non-hydrogen) atoms. The van der Waals surface area contributed by atoms with E-state index in [4.69, 9.17) is 5.41 Å². The Morgan fingerprint density at radius 1 is 1.23 bits per heavy atom. The number of fused-ring (bicyclic) bond motifs is 1. The Hall–Kier alpha value is -4.29. The van der Waals surface area contributed by atoms with Gasteiger partial charge in [0.1, 0.15) is 6.54 Å². The second kappa shape index (κ2) is 9.52. The third-order valence-corrected chi connectivity index (χ3v) is 5.14. The van der Waals surface area contributed by atoms with Crippen LogP contribution in [-0.2, 0) is 0 Å². The molecule has 0 atom stereocenters. The highest BCUT2D eigenvalue weighted by molar-refractivity contribution is 5.96. The summed E-state index contributed by atoms with van der Waals surface area (Å²) in [6.45, 7) is -1.25. The predicted octanol–water partition coefficient (Wildman–Crippen LogP) is 3.61. The number of para-hydroxylation sites is 1. The largest absolute Gasteiger partial charge is 0.405 e. The molecule has 1 saturated carbocycles. The standard InChI is InChI=1S/C13H11N5O2.C9H8F4N2/c19-12-9(6-15-13(20)16-12)10-5-8(7-1-2-7)11-14-3-4-18(11)17-10;10-8(14)6-3-1-2-4-7(6)15-5-9(11,12)13/h3-7H,1-2H2,(H2,15,16,19,20);1-4,14-15H,5H2. The van der Waals surface area contributed by atoms with Crippen LogP contribution in [0.4, 0.5) is 23.2 Å². The number of H-pyrrole nitrogens is 2. The third-order valence-electron chi connectivity index (χ3n) is 5.14. The summed E-state index contributed by atoms with van der Waals surface area (Å²) in [5, 5.41) is 13.1. The molecule has 3 heterocycles. The van der Waals surface area contributed by atoms with Crippen LogP contribution in [-0.4, -0.2) is 43.3 Å². The Labute approximate surface area is 194 Å².